The van der Waals surface area contributed by atoms with E-state index in [1.807, 2.05) is 0 Å². The summed E-state index contributed by atoms with van der Waals surface area (Å²) < 4.78 is 20.4. The second kappa shape index (κ2) is 19.1. The van der Waals surface area contributed by atoms with Crippen LogP contribution in [0.4, 0.5) is 0 Å². The molecule has 2 amide bonds. The molecule has 2 N–H and O–H groups in total. The van der Waals surface area contributed by atoms with Gasteiger partial charge >= 0.3 is 0 Å². The summed E-state index contributed by atoms with van der Waals surface area (Å²) >= 11 is 0. The molecule has 8 nitrogen and oxygen atoms in total. The fraction of sp³-hybridized carbons (Fsp3) is 0.882. The molecule has 0 heterocycles. The molecule has 0 aliphatic rings. The summed E-state index contributed by atoms with van der Waals surface area (Å²) in [5, 5.41) is 5.49. The predicted molar refractivity (Wildman–Crippen MR) is 94.5 cm³/mol. The molecule has 148 valence electrons. The van der Waals surface area contributed by atoms with Gasteiger partial charge in [-0.15, -0.1) is 0 Å². The van der Waals surface area contributed by atoms with E-state index in [0.717, 1.165) is 12.8 Å². The van der Waals surface area contributed by atoms with Crippen LogP contribution in [-0.4, -0.2) is 78.3 Å². The Kier molecular flexibility index (Phi) is 18.2. The van der Waals surface area contributed by atoms with E-state index in [4.69, 9.17) is 18.9 Å². The van der Waals surface area contributed by atoms with E-state index in [1.54, 1.807) is 7.11 Å². The van der Waals surface area contributed by atoms with E-state index in [2.05, 4.69) is 17.6 Å². The van der Waals surface area contributed by atoms with Crippen LogP contribution in [0.25, 0.3) is 0 Å². The number of carbonyl (C=O) groups is 2. The molecular formula is C17H34N2O6. The van der Waals surface area contributed by atoms with Crippen molar-refractivity contribution in [1.29, 1.82) is 0 Å². The minimum absolute atomic E-state index is 0.0139. The number of methoxy groups -OCH3 is 1. The van der Waals surface area contributed by atoms with Gasteiger partial charge in [0.2, 0.25) is 11.8 Å². The van der Waals surface area contributed by atoms with E-state index < -0.39 is 0 Å². The van der Waals surface area contributed by atoms with Crippen molar-refractivity contribution < 1.29 is 28.5 Å². The number of carbonyl (C=O) groups excluding carboxylic acids is 2. The van der Waals surface area contributed by atoms with Gasteiger partial charge < -0.3 is 29.6 Å². The maximum Gasteiger partial charge on any atom is 0.246 e. The zero-order valence-electron chi connectivity index (χ0n) is 15.6. The third kappa shape index (κ3) is 19.0. The number of amides is 2. The largest absolute Gasteiger partial charge is 0.382 e. The van der Waals surface area contributed by atoms with Gasteiger partial charge in [0, 0.05) is 20.2 Å². The molecule has 0 aromatic heterocycles. The van der Waals surface area contributed by atoms with Crippen molar-refractivity contribution in [2.75, 3.05) is 66.4 Å². The Morgan fingerprint density at radius 1 is 0.720 bits per heavy atom. The monoisotopic (exact) mass is 362 g/mol. The first-order chi connectivity index (χ1) is 12.2. The van der Waals surface area contributed by atoms with Crippen LogP contribution in [-0.2, 0) is 28.5 Å². The van der Waals surface area contributed by atoms with Crippen LogP contribution in [0.3, 0.4) is 0 Å². The van der Waals surface area contributed by atoms with Crippen molar-refractivity contribution in [3.05, 3.63) is 0 Å². The van der Waals surface area contributed by atoms with Gasteiger partial charge in [0.15, 0.2) is 0 Å². The van der Waals surface area contributed by atoms with E-state index in [9.17, 15) is 9.59 Å². The Bertz CT molecular complexity index is 328. The second-order valence-electron chi connectivity index (χ2n) is 5.47. The Balaban J connectivity index is 3.24. The lowest BCUT2D eigenvalue weighted by Crippen LogP contribution is -2.31. The number of unbranched alkanes of at least 4 members (excludes halogenated alkanes) is 3. The van der Waals surface area contributed by atoms with Gasteiger partial charge in [0.05, 0.1) is 33.0 Å². The molecule has 0 aromatic carbocycles. The highest BCUT2D eigenvalue weighted by molar-refractivity contribution is 5.77. The van der Waals surface area contributed by atoms with E-state index in [0.29, 0.717) is 46.1 Å². The van der Waals surface area contributed by atoms with Crippen LogP contribution >= 0.6 is 0 Å². The minimum atomic E-state index is -0.188. The Hall–Kier alpha value is -1.22. The number of hydrogen-bond donors (Lipinski definition) is 2. The van der Waals surface area contributed by atoms with Crippen LogP contribution in [0, 0.1) is 0 Å². The van der Waals surface area contributed by atoms with Crippen LogP contribution in [0.1, 0.15) is 32.6 Å². The first-order valence-electron chi connectivity index (χ1n) is 8.96. The minimum Gasteiger partial charge on any atom is -0.382 e. The molecule has 0 rings (SSSR count). The first kappa shape index (κ1) is 23.8. The molecule has 8 heteroatoms. The maximum absolute atomic E-state index is 11.5. The molecule has 0 aliphatic carbocycles. The van der Waals surface area contributed by atoms with Gasteiger partial charge in [-0.25, -0.2) is 0 Å². The van der Waals surface area contributed by atoms with Crippen molar-refractivity contribution in [2.24, 2.45) is 0 Å². The third-order valence-corrected chi connectivity index (χ3v) is 3.19. The lowest BCUT2D eigenvalue weighted by atomic mass is 10.2. The van der Waals surface area contributed by atoms with Gasteiger partial charge in [-0.3, -0.25) is 9.59 Å². The molecule has 0 fully saturated rings. The van der Waals surface area contributed by atoms with Gasteiger partial charge in [-0.2, -0.15) is 0 Å². The molecule has 0 radical (unpaired) electrons. The molecule has 0 saturated carbocycles. The van der Waals surface area contributed by atoms with Crippen LogP contribution in [0.2, 0.25) is 0 Å². The summed E-state index contributed by atoms with van der Waals surface area (Å²) in [6.07, 6.45) is 4.53. The highest BCUT2D eigenvalue weighted by Crippen LogP contribution is 1.96. The van der Waals surface area contributed by atoms with Crippen molar-refractivity contribution in [2.45, 2.75) is 32.6 Å². The standard InChI is InChI=1S/C17H34N2O6/c1-3-4-5-6-7-18-16(20)14-25-13-12-23-9-8-19-17(21)15-24-11-10-22-2/h3-15H2,1-2H3,(H,18,20)(H,19,21). The van der Waals surface area contributed by atoms with E-state index in [1.165, 1.54) is 12.8 Å². The van der Waals surface area contributed by atoms with Gasteiger partial charge in [-0.1, -0.05) is 26.2 Å². The highest BCUT2D eigenvalue weighted by atomic mass is 16.5. The van der Waals surface area contributed by atoms with Gasteiger partial charge in [0.1, 0.15) is 13.2 Å². The quantitative estimate of drug-likeness (QED) is 0.345. The Morgan fingerprint density at radius 3 is 1.96 bits per heavy atom. The van der Waals surface area contributed by atoms with Crippen LogP contribution in [0.5, 0.6) is 0 Å². The average Bonchev–Trinajstić information content (AvgIpc) is 2.60. The average molecular weight is 362 g/mol. The molecule has 0 aliphatic heterocycles. The lowest BCUT2D eigenvalue weighted by molar-refractivity contribution is -0.127. The van der Waals surface area contributed by atoms with Crippen molar-refractivity contribution >= 4 is 11.8 Å². The van der Waals surface area contributed by atoms with Crippen LogP contribution in [0.15, 0.2) is 0 Å². The van der Waals surface area contributed by atoms with Gasteiger partial charge in [-0.05, 0) is 6.42 Å². The summed E-state index contributed by atoms with van der Waals surface area (Å²) in [5.74, 6) is -0.288. The smallest absolute Gasteiger partial charge is 0.246 e. The molecular weight excluding hydrogens is 328 g/mol. The zero-order valence-corrected chi connectivity index (χ0v) is 15.6. The SMILES string of the molecule is CCCCCCNC(=O)COCCOCCNC(=O)COCCOC. The summed E-state index contributed by atoms with van der Waals surface area (Å²) in [4.78, 5) is 22.8. The van der Waals surface area contributed by atoms with E-state index >= 15 is 0 Å². The lowest BCUT2D eigenvalue weighted by Gasteiger charge is -2.08. The molecule has 0 aromatic rings. The number of ether oxygens (including phenoxy) is 4. The highest BCUT2D eigenvalue weighted by Gasteiger charge is 2.02. The summed E-state index contributed by atoms with van der Waals surface area (Å²) in [6, 6.07) is 0. The molecule has 0 atom stereocenters. The summed E-state index contributed by atoms with van der Waals surface area (Å²) in [5.41, 5.74) is 0. The van der Waals surface area contributed by atoms with Crippen LogP contribution < -0.4 is 10.6 Å². The number of rotatable bonds is 18. The molecule has 0 spiro atoms. The second-order valence-corrected chi connectivity index (χ2v) is 5.47. The van der Waals surface area contributed by atoms with Crippen molar-refractivity contribution in [3.63, 3.8) is 0 Å². The van der Waals surface area contributed by atoms with Gasteiger partial charge in [0.25, 0.3) is 0 Å². The fourth-order valence-corrected chi connectivity index (χ4v) is 1.84. The van der Waals surface area contributed by atoms with Crippen molar-refractivity contribution in [3.8, 4) is 0 Å². The Morgan fingerprint density at radius 2 is 1.32 bits per heavy atom. The number of hydrogen-bond acceptors (Lipinski definition) is 6. The Labute approximate surface area is 150 Å². The van der Waals surface area contributed by atoms with Crippen molar-refractivity contribution in [1.82, 2.24) is 10.6 Å². The first-order valence-corrected chi connectivity index (χ1v) is 8.96. The molecule has 0 unspecified atom stereocenters. The number of nitrogens with one attached hydrogen (secondary N) is 2. The maximum atomic E-state index is 11.5. The molecule has 25 heavy (non-hydrogen) atoms. The third-order valence-electron chi connectivity index (χ3n) is 3.19. The predicted octanol–water partition coefficient (Wildman–Crippen LogP) is 0.495. The summed E-state index contributed by atoms with van der Waals surface area (Å²) in [6.45, 7) is 5.29. The molecule has 0 saturated heterocycles. The fourth-order valence-electron chi connectivity index (χ4n) is 1.84. The zero-order chi connectivity index (χ0) is 18.6. The normalized spacial score (nSPS) is 10.6. The topological polar surface area (TPSA) is 95.1 Å². The van der Waals surface area contributed by atoms with E-state index in [-0.39, 0.29) is 25.0 Å². The summed E-state index contributed by atoms with van der Waals surface area (Å²) in [7, 11) is 1.57. The molecule has 0 bridgehead atoms.